The highest BCUT2D eigenvalue weighted by Gasteiger charge is 2.14. The highest BCUT2D eigenvalue weighted by Crippen LogP contribution is 2.12. The standard InChI is InChI=1S/C10H14N4OS/c1-8(14-4-2-11-7-14)6-9(15)13-10-12-3-5-16-10/h2,4,7-8H,3,5-6H2,1H3,(H,12,13,15)/t8-/m0/s1. The average molecular weight is 238 g/mol. The van der Waals surface area contributed by atoms with Crippen LogP contribution in [0.5, 0.6) is 0 Å². The van der Waals surface area contributed by atoms with Gasteiger partial charge >= 0.3 is 0 Å². The molecule has 0 aromatic carbocycles. The van der Waals surface area contributed by atoms with Gasteiger partial charge in [-0.1, -0.05) is 11.8 Å². The summed E-state index contributed by atoms with van der Waals surface area (Å²) in [6.07, 6.45) is 5.74. The zero-order chi connectivity index (χ0) is 11.4. The Hall–Kier alpha value is -1.30. The first kappa shape index (κ1) is 11.2. The molecular formula is C10H14N4OS. The van der Waals surface area contributed by atoms with Crippen LogP contribution in [0, 0.1) is 0 Å². The lowest BCUT2D eigenvalue weighted by Gasteiger charge is -2.12. The molecule has 1 aliphatic heterocycles. The van der Waals surface area contributed by atoms with Crippen LogP contribution >= 0.6 is 11.8 Å². The normalized spacial score (nSPS) is 16.9. The maximum Gasteiger partial charge on any atom is 0.227 e. The number of rotatable bonds is 3. The van der Waals surface area contributed by atoms with Crippen molar-refractivity contribution < 1.29 is 4.79 Å². The van der Waals surface area contributed by atoms with Gasteiger partial charge in [0.05, 0.1) is 12.9 Å². The molecule has 1 amide bonds. The highest BCUT2D eigenvalue weighted by molar-refractivity contribution is 8.14. The van der Waals surface area contributed by atoms with Crippen molar-refractivity contribution >= 4 is 22.8 Å². The number of amidine groups is 1. The number of nitrogens with one attached hydrogen (secondary N) is 1. The van der Waals surface area contributed by atoms with Crippen LogP contribution in [0.25, 0.3) is 0 Å². The molecule has 1 aromatic heterocycles. The number of nitrogens with zero attached hydrogens (tertiary/aromatic N) is 3. The second-order valence-electron chi connectivity index (χ2n) is 3.65. The van der Waals surface area contributed by atoms with E-state index in [1.54, 1.807) is 24.3 Å². The molecule has 0 unspecified atom stereocenters. The molecule has 6 heteroatoms. The Morgan fingerprint density at radius 2 is 2.62 bits per heavy atom. The molecule has 0 bridgehead atoms. The third kappa shape index (κ3) is 2.85. The average Bonchev–Trinajstić information content (AvgIpc) is 2.88. The van der Waals surface area contributed by atoms with Crippen molar-refractivity contribution in [1.29, 1.82) is 0 Å². The molecule has 0 radical (unpaired) electrons. The van der Waals surface area contributed by atoms with E-state index in [0.29, 0.717) is 6.42 Å². The first-order valence-electron chi connectivity index (χ1n) is 5.20. The number of hydrogen-bond donors (Lipinski definition) is 1. The molecule has 0 aliphatic carbocycles. The summed E-state index contributed by atoms with van der Waals surface area (Å²) in [6, 6.07) is 0.120. The van der Waals surface area contributed by atoms with E-state index in [1.807, 2.05) is 17.7 Å². The smallest absolute Gasteiger partial charge is 0.227 e. The summed E-state index contributed by atoms with van der Waals surface area (Å²) in [6.45, 7) is 2.79. The minimum absolute atomic E-state index is 0.00866. The molecule has 0 saturated heterocycles. The second-order valence-corrected chi connectivity index (χ2v) is 4.73. The molecule has 1 atom stereocenters. The second kappa shape index (κ2) is 5.16. The molecule has 2 heterocycles. The first-order valence-corrected chi connectivity index (χ1v) is 6.19. The summed E-state index contributed by atoms with van der Waals surface area (Å²) in [5.41, 5.74) is 0. The summed E-state index contributed by atoms with van der Waals surface area (Å²) in [7, 11) is 0. The first-order chi connectivity index (χ1) is 7.75. The Balaban J connectivity index is 1.83. The predicted molar refractivity (Wildman–Crippen MR) is 64.5 cm³/mol. The van der Waals surface area contributed by atoms with Gasteiger partial charge in [0, 0.05) is 30.6 Å². The zero-order valence-corrected chi connectivity index (χ0v) is 9.91. The van der Waals surface area contributed by atoms with E-state index >= 15 is 0 Å². The Morgan fingerprint density at radius 3 is 3.25 bits per heavy atom. The topological polar surface area (TPSA) is 59.3 Å². The van der Waals surface area contributed by atoms with E-state index in [2.05, 4.69) is 15.3 Å². The van der Waals surface area contributed by atoms with Gasteiger partial charge in [-0.25, -0.2) is 4.98 Å². The number of carbonyl (C=O) groups excluding carboxylic acids is 1. The van der Waals surface area contributed by atoms with Crippen LogP contribution in [-0.2, 0) is 4.79 Å². The van der Waals surface area contributed by atoms with Crippen molar-refractivity contribution in [1.82, 2.24) is 14.9 Å². The number of aliphatic imine (C=N–C) groups is 1. The highest BCUT2D eigenvalue weighted by atomic mass is 32.2. The Bertz CT molecular complexity index is 388. The van der Waals surface area contributed by atoms with Gasteiger partial charge in [-0.2, -0.15) is 0 Å². The molecule has 1 aliphatic rings. The molecule has 1 aromatic rings. The zero-order valence-electron chi connectivity index (χ0n) is 9.09. The molecule has 0 saturated carbocycles. The third-order valence-electron chi connectivity index (χ3n) is 2.35. The van der Waals surface area contributed by atoms with E-state index < -0.39 is 0 Å². The van der Waals surface area contributed by atoms with Crippen LogP contribution in [0.4, 0.5) is 0 Å². The van der Waals surface area contributed by atoms with Gasteiger partial charge in [-0.15, -0.1) is 0 Å². The van der Waals surface area contributed by atoms with Crippen LogP contribution in [0.15, 0.2) is 23.7 Å². The van der Waals surface area contributed by atoms with Crippen molar-refractivity contribution in [2.75, 3.05) is 12.3 Å². The Labute approximate surface area is 98.3 Å². The molecule has 5 nitrogen and oxygen atoms in total. The van der Waals surface area contributed by atoms with E-state index in [0.717, 1.165) is 17.5 Å². The summed E-state index contributed by atoms with van der Waals surface area (Å²) in [5, 5.41) is 3.56. The van der Waals surface area contributed by atoms with Gasteiger partial charge in [-0.3, -0.25) is 9.79 Å². The third-order valence-corrected chi connectivity index (χ3v) is 3.24. The number of aromatic nitrogens is 2. The lowest BCUT2D eigenvalue weighted by Crippen LogP contribution is -2.29. The fraction of sp³-hybridized carbons (Fsp3) is 0.500. The molecule has 2 rings (SSSR count). The quantitative estimate of drug-likeness (QED) is 0.856. The molecule has 0 spiro atoms. The SMILES string of the molecule is C[C@@H](CC(=O)NC1=NCCS1)n1ccnc1. The minimum Gasteiger partial charge on any atom is -0.334 e. The maximum absolute atomic E-state index is 11.7. The number of imidazole rings is 1. The summed E-state index contributed by atoms with van der Waals surface area (Å²) >= 11 is 1.59. The molecule has 1 N–H and O–H groups in total. The van der Waals surface area contributed by atoms with Crippen LogP contribution in [0.1, 0.15) is 19.4 Å². The lowest BCUT2D eigenvalue weighted by atomic mass is 10.2. The van der Waals surface area contributed by atoms with Crippen molar-refractivity contribution in [3.63, 3.8) is 0 Å². The van der Waals surface area contributed by atoms with E-state index in [1.165, 1.54) is 0 Å². The fourth-order valence-electron chi connectivity index (χ4n) is 1.48. The van der Waals surface area contributed by atoms with Crippen LogP contribution in [0.2, 0.25) is 0 Å². The van der Waals surface area contributed by atoms with Gasteiger partial charge in [0.2, 0.25) is 5.91 Å². The summed E-state index contributed by atoms with van der Waals surface area (Å²) in [5.74, 6) is 0.974. The Kier molecular flexibility index (Phi) is 3.61. The minimum atomic E-state index is 0.00866. The number of thioether (sulfide) groups is 1. The van der Waals surface area contributed by atoms with Gasteiger partial charge in [0.1, 0.15) is 0 Å². The maximum atomic E-state index is 11.7. The number of carbonyl (C=O) groups is 1. The van der Waals surface area contributed by atoms with Crippen LogP contribution < -0.4 is 5.32 Å². The van der Waals surface area contributed by atoms with Crippen molar-refractivity contribution in [3.8, 4) is 0 Å². The molecular weight excluding hydrogens is 224 g/mol. The van der Waals surface area contributed by atoms with Gasteiger partial charge in [-0.05, 0) is 6.92 Å². The van der Waals surface area contributed by atoms with E-state index in [-0.39, 0.29) is 11.9 Å². The van der Waals surface area contributed by atoms with Gasteiger partial charge in [0.25, 0.3) is 0 Å². The largest absolute Gasteiger partial charge is 0.334 e. The fourth-order valence-corrected chi connectivity index (χ4v) is 2.23. The Morgan fingerprint density at radius 1 is 1.75 bits per heavy atom. The molecule has 0 fully saturated rings. The number of hydrogen-bond acceptors (Lipinski definition) is 4. The predicted octanol–water partition coefficient (Wildman–Crippen LogP) is 1.05. The summed E-state index contributed by atoms with van der Waals surface area (Å²) in [4.78, 5) is 19.8. The monoisotopic (exact) mass is 238 g/mol. The number of amides is 1. The molecule has 16 heavy (non-hydrogen) atoms. The van der Waals surface area contributed by atoms with Crippen molar-refractivity contribution in [2.45, 2.75) is 19.4 Å². The van der Waals surface area contributed by atoms with Crippen molar-refractivity contribution in [2.24, 2.45) is 4.99 Å². The van der Waals surface area contributed by atoms with Crippen LogP contribution in [-0.4, -0.2) is 32.9 Å². The van der Waals surface area contributed by atoms with E-state index in [9.17, 15) is 4.79 Å². The summed E-state index contributed by atoms with van der Waals surface area (Å²) < 4.78 is 1.92. The van der Waals surface area contributed by atoms with Gasteiger partial charge in [0.15, 0.2) is 5.17 Å². The van der Waals surface area contributed by atoms with Crippen molar-refractivity contribution in [3.05, 3.63) is 18.7 Å². The molecule has 86 valence electrons. The van der Waals surface area contributed by atoms with Gasteiger partial charge < -0.3 is 9.88 Å². The lowest BCUT2D eigenvalue weighted by molar-refractivity contribution is -0.120. The van der Waals surface area contributed by atoms with Crippen LogP contribution in [0.3, 0.4) is 0 Å². The van der Waals surface area contributed by atoms with E-state index in [4.69, 9.17) is 0 Å².